The molecule has 6 heteroatoms. The van der Waals surface area contributed by atoms with E-state index in [0.717, 1.165) is 28.8 Å². The zero-order valence-electron chi connectivity index (χ0n) is 15.9. The van der Waals surface area contributed by atoms with Gasteiger partial charge in [0.1, 0.15) is 5.82 Å². The molecule has 0 N–H and O–H groups in total. The number of rotatable bonds is 5. The van der Waals surface area contributed by atoms with E-state index in [0.29, 0.717) is 5.69 Å². The van der Waals surface area contributed by atoms with Crippen LogP contribution in [0, 0.1) is 19.7 Å². The molecule has 0 spiro atoms. The third-order valence-electron chi connectivity index (χ3n) is 4.62. The number of halogens is 2. The fraction of sp³-hybridized carbons (Fsp3) is 0.182. The molecular weight excluding hydrogens is 397 g/mol. The Bertz CT molecular complexity index is 1100. The Labute approximate surface area is 170 Å². The number of anilines is 1. The summed E-state index contributed by atoms with van der Waals surface area (Å²) < 4.78 is 42.0. The summed E-state index contributed by atoms with van der Waals surface area (Å²) in [6.45, 7) is 5.71. The molecule has 3 rings (SSSR count). The maximum Gasteiger partial charge on any atom is 0.264 e. The summed E-state index contributed by atoms with van der Waals surface area (Å²) in [5, 5.41) is -0.228. The van der Waals surface area contributed by atoms with Gasteiger partial charge in [-0.15, -0.1) is 0 Å². The molecule has 1 atom stereocenters. The Kier molecular flexibility index (Phi) is 5.77. The molecule has 0 saturated carbocycles. The standard InChI is InChI=1S/C22H21ClFNO2S/c1-15-7-9-18(10-8-15)17(3)25(19-6-4-5-16(2)13-19)28(26,27)20-11-12-22(24)21(23)14-20/h4-14,17H,1-3H3/t17-/m0/s1. The lowest BCUT2D eigenvalue weighted by Crippen LogP contribution is -2.33. The first kappa shape index (κ1) is 20.4. The van der Waals surface area contributed by atoms with Gasteiger partial charge in [-0.3, -0.25) is 4.31 Å². The summed E-state index contributed by atoms with van der Waals surface area (Å²) in [7, 11) is -3.99. The molecule has 0 aromatic heterocycles. The molecule has 3 nitrogen and oxygen atoms in total. The number of hydrogen-bond acceptors (Lipinski definition) is 2. The van der Waals surface area contributed by atoms with E-state index in [1.807, 2.05) is 63.2 Å². The molecule has 0 amide bonds. The molecule has 3 aromatic rings. The van der Waals surface area contributed by atoms with Crippen molar-refractivity contribution in [3.8, 4) is 0 Å². The Balaban J connectivity index is 2.17. The lowest BCUT2D eigenvalue weighted by Gasteiger charge is -2.31. The van der Waals surface area contributed by atoms with Crippen molar-refractivity contribution in [3.05, 3.63) is 94.3 Å². The summed E-state index contributed by atoms with van der Waals surface area (Å²) in [4.78, 5) is -0.0561. The van der Waals surface area contributed by atoms with E-state index in [-0.39, 0.29) is 9.92 Å². The third-order valence-corrected chi connectivity index (χ3v) is 6.80. The topological polar surface area (TPSA) is 37.4 Å². The van der Waals surface area contributed by atoms with Gasteiger partial charge < -0.3 is 0 Å². The minimum atomic E-state index is -3.99. The van der Waals surface area contributed by atoms with Gasteiger partial charge in [0.15, 0.2) is 0 Å². The van der Waals surface area contributed by atoms with Crippen molar-refractivity contribution in [2.75, 3.05) is 4.31 Å². The highest BCUT2D eigenvalue weighted by molar-refractivity contribution is 7.92. The molecule has 0 radical (unpaired) electrons. The molecule has 146 valence electrons. The highest BCUT2D eigenvalue weighted by Gasteiger charge is 2.31. The summed E-state index contributed by atoms with van der Waals surface area (Å²) >= 11 is 5.85. The molecule has 3 aromatic carbocycles. The molecule has 0 fully saturated rings. The molecule has 28 heavy (non-hydrogen) atoms. The SMILES string of the molecule is Cc1ccc([C@H](C)N(c2cccc(C)c2)S(=O)(=O)c2ccc(F)c(Cl)c2)cc1. The summed E-state index contributed by atoms with van der Waals surface area (Å²) in [5.74, 6) is -0.658. The van der Waals surface area contributed by atoms with Crippen molar-refractivity contribution in [3.63, 3.8) is 0 Å². The Morgan fingerprint density at radius 1 is 0.929 bits per heavy atom. The largest absolute Gasteiger partial charge is 0.264 e. The van der Waals surface area contributed by atoms with Gasteiger partial charge in [0, 0.05) is 0 Å². The first-order valence-corrected chi connectivity index (χ1v) is 10.6. The first-order valence-electron chi connectivity index (χ1n) is 8.83. The maximum absolute atomic E-state index is 13.6. The van der Waals surface area contributed by atoms with E-state index in [9.17, 15) is 12.8 Å². The quantitative estimate of drug-likeness (QED) is 0.506. The predicted octanol–water partition coefficient (Wildman–Crippen LogP) is 6.05. The minimum absolute atomic E-state index is 0.0561. The average Bonchev–Trinajstić information content (AvgIpc) is 2.64. The second-order valence-corrected chi connectivity index (χ2v) is 9.02. The van der Waals surface area contributed by atoms with Crippen molar-refractivity contribution >= 4 is 27.3 Å². The van der Waals surface area contributed by atoms with Gasteiger partial charge in [0.2, 0.25) is 0 Å². The van der Waals surface area contributed by atoms with Crippen LogP contribution in [0.3, 0.4) is 0 Å². The van der Waals surface area contributed by atoms with Gasteiger partial charge in [0.25, 0.3) is 10.0 Å². The Morgan fingerprint density at radius 2 is 1.61 bits per heavy atom. The van der Waals surface area contributed by atoms with Gasteiger partial charge in [-0.25, -0.2) is 12.8 Å². The van der Waals surface area contributed by atoms with Crippen molar-refractivity contribution in [1.82, 2.24) is 0 Å². The second-order valence-electron chi connectivity index (χ2n) is 6.80. The second kappa shape index (κ2) is 7.94. The van der Waals surface area contributed by atoms with Crippen LogP contribution in [-0.2, 0) is 10.0 Å². The molecular formula is C22H21ClFNO2S. The molecule has 0 aliphatic carbocycles. The van der Waals surface area contributed by atoms with E-state index in [4.69, 9.17) is 11.6 Å². The van der Waals surface area contributed by atoms with Crippen LogP contribution in [-0.4, -0.2) is 8.42 Å². The van der Waals surface area contributed by atoms with Crippen molar-refractivity contribution in [2.24, 2.45) is 0 Å². The van der Waals surface area contributed by atoms with Crippen LogP contribution < -0.4 is 4.31 Å². The van der Waals surface area contributed by atoms with Crippen LogP contribution >= 0.6 is 11.6 Å². The van der Waals surface area contributed by atoms with Gasteiger partial charge >= 0.3 is 0 Å². The molecule has 0 unspecified atom stereocenters. The van der Waals surface area contributed by atoms with Gasteiger partial charge in [0.05, 0.1) is 21.6 Å². The third kappa shape index (κ3) is 4.05. The summed E-state index contributed by atoms with van der Waals surface area (Å²) in [5.41, 5.74) is 3.41. The van der Waals surface area contributed by atoms with Crippen molar-refractivity contribution in [1.29, 1.82) is 0 Å². The highest BCUT2D eigenvalue weighted by Crippen LogP contribution is 2.34. The molecule has 0 saturated heterocycles. The van der Waals surface area contributed by atoms with Crippen LogP contribution in [0.4, 0.5) is 10.1 Å². The average molecular weight is 418 g/mol. The monoisotopic (exact) mass is 417 g/mol. The van der Waals surface area contributed by atoms with Crippen LogP contribution in [0.15, 0.2) is 71.6 Å². The fourth-order valence-corrected chi connectivity index (χ4v) is 4.98. The van der Waals surface area contributed by atoms with Crippen molar-refractivity contribution < 1.29 is 12.8 Å². The fourth-order valence-electron chi connectivity index (χ4n) is 3.07. The van der Waals surface area contributed by atoms with E-state index < -0.39 is 21.9 Å². The van der Waals surface area contributed by atoms with E-state index >= 15 is 0 Å². The molecule has 0 aliphatic rings. The number of aryl methyl sites for hydroxylation is 2. The predicted molar refractivity (Wildman–Crippen MR) is 112 cm³/mol. The Morgan fingerprint density at radius 3 is 2.21 bits per heavy atom. The zero-order chi connectivity index (χ0) is 20.5. The normalized spacial score (nSPS) is 12.6. The lowest BCUT2D eigenvalue weighted by molar-refractivity contribution is 0.582. The Hall–Kier alpha value is -2.37. The minimum Gasteiger partial charge on any atom is -0.259 e. The van der Waals surface area contributed by atoms with Gasteiger partial charge in [-0.1, -0.05) is 53.6 Å². The molecule has 0 aliphatic heterocycles. The van der Waals surface area contributed by atoms with Crippen LogP contribution in [0.25, 0.3) is 0 Å². The van der Waals surface area contributed by atoms with Crippen LogP contribution in [0.2, 0.25) is 5.02 Å². The number of nitrogens with zero attached hydrogens (tertiary/aromatic N) is 1. The van der Waals surface area contributed by atoms with E-state index in [1.165, 1.54) is 10.4 Å². The van der Waals surface area contributed by atoms with E-state index in [1.54, 1.807) is 6.07 Å². The smallest absolute Gasteiger partial charge is 0.259 e. The van der Waals surface area contributed by atoms with Crippen molar-refractivity contribution in [2.45, 2.75) is 31.7 Å². The maximum atomic E-state index is 13.6. The number of hydrogen-bond donors (Lipinski definition) is 0. The first-order chi connectivity index (χ1) is 13.2. The number of sulfonamides is 1. The zero-order valence-corrected chi connectivity index (χ0v) is 17.4. The van der Waals surface area contributed by atoms with Crippen LogP contribution in [0.5, 0.6) is 0 Å². The van der Waals surface area contributed by atoms with E-state index in [2.05, 4.69) is 0 Å². The molecule has 0 bridgehead atoms. The summed E-state index contributed by atoms with van der Waals surface area (Å²) in [6.07, 6.45) is 0. The molecule has 0 heterocycles. The summed E-state index contributed by atoms with van der Waals surface area (Å²) in [6, 6.07) is 18.0. The van der Waals surface area contributed by atoms with Gasteiger partial charge in [-0.2, -0.15) is 0 Å². The lowest BCUT2D eigenvalue weighted by atomic mass is 10.1. The number of benzene rings is 3. The van der Waals surface area contributed by atoms with Crippen LogP contribution in [0.1, 0.15) is 29.7 Å². The highest BCUT2D eigenvalue weighted by atomic mass is 35.5. The van der Waals surface area contributed by atoms with Gasteiger partial charge in [-0.05, 0) is 62.2 Å².